The fourth-order valence-electron chi connectivity index (χ4n) is 4.38. The molecule has 2 aliphatic heterocycles. The summed E-state index contributed by atoms with van der Waals surface area (Å²) >= 11 is 0. The quantitative estimate of drug-likeness (QED) is 0.816. The Hall–Kier alpha value is -1.88. The lowest BCUT2D eigenvalue weighted by atomic mass is 9.83. The van der Waals surface area contributed by atoms with Crippen LogP contribution in [0.5, 0.6) is 0 Å². The lowest BCUT2D eigenvalue weighted by Crippen LogP contribution is -2.41. The zero-order chi connectivity index (χ0) is 20.1. The summed E-state index contributed by atoms with van der Waals surface area (Å²) in [6, 6.07) is 7.67. The van der Waals surface area contributed by atoms with Gasteiger partial charge in [-0.1, -0.05) is 32.9 Å². The van der Waals surface area contributed by atoms with Crippen molar-refractivity contribution in [3.8, 4) is 0 Å². The fraction of sp³-hybridized carbons (Fsp3) is 0.652. The van der Waals surface area contributed by atoms with Gasteiger partial charge in [-0.3, -0.25) is 9.59 Å². The normalized spacial score (nSPS) is 21.0. The van der Waals surface area contributed by atoms with E-state index in [1.807, 2.05) is 29.2 Å². The Kier molecular flexibility index (Phi) is 6.76. The summed E-state index contributed by atoms with van der Waals surface area (Å²) in [5.74, 6) is 1.82. The molecule has 0 spiro atoms. The Labute approximate surface area is 169 Å². The number of benzene rings is 1. The largest absolute Gasteiger partial charge is 0.342 e. The van der Waals surface area contributed by atoms with Crippen molar-refractivity contribution in [2.45, 2.75) is 52.9 Å². The minimum atomic E-state index is -0.0296. The maximum atomic E-state index is 12.7. The van der Waals surface area contributed by atoms with Gasteiger partial charge >= 0.3 is 0 Å². The van der Waals surface area contributed by atoms with Crippen LogP contribution in [-0.2, 0) is 16.0 Å². The standard InChI is InChI=1S/C23H35N3O2/c1-23(2,3)15-21(27)25-20-6-4-17(5-7-20)14-22(28)26-12-9-18(10-13-26)19-8-11-24-16-19/h4-7,18-19,24H,8-16H2,1-3H3,(H,25,27). The lowest BCUT2D eigenvalue weighted by Gasteiger charge is -2.34. The molecule has 3 rings (SSSR count). The van der Waals surface area contributed by atoms with Crippen molar-refractivity contribution >= 4 is 17.5 Å². The number of hydrogen-bond acceptors (Lipinski definition) is 3. The molecule has 28 heavy (non-hydrogen) atoms. The van der Waals surface area contributed by atoms with Crippen molar-refractivity contribution in [3.05, 3.63) is 29.8 Å². The van der Waals surface area contributed by atoms with E-state index in [1.54, 1.807) is 0 Å². The van der Waals surface area contributed by atoms with Gasteiger partial charge in [0.1, 0.15) is 0 Å². The molecule has 2 heterocycles. The molecular formula is C23H35N3O2. The number of rotatable bonds is 5. The molecule has 0 saturated carbocycles. The van der Waals surface area contributed by atoms with Crippen LogP contribution in [0.1, 0.15) is 52.0 Å². The third-order valence-corrected chi connectivity index (χ3v) is 5.94. The summed E-state index contributed by atoms with van der Waals surface area (Å²) in [6.07, 6.45) is 4.48. The van der Waals surface area contributed by atoms with Crippen molar-refractivity contribution in [2.24, 2.45) is 17.3 Å². The van der Waals surface area contributed by atoms with Crippen molar-refractivity contribution in [1.82, 2.24) is 10.2 Å². The summed E-state index contributed by atoms with van der Waals surface area (Å²) < 4.78 is 0. The summed E-state index contributed by atoms with van der Waals surface area (Å²) in [7, 11) is 0. The van der Waals surface area contributed by atoms with Gasteiger partial charge in [0, 0.05) is 25.2 Å². The second kappa shape index (κ2) is 9.08. The lowest BCUT2D eigenvalue weighted by molar-refractivity contribution is -0.132. The minimum Gasteiger partial charge on any atom is -0.342 e. The zero-order valence-electron chi connectivity index (χ0n) is 17.6. The molecule has 1 atom stereocenters. The predicted octanol–water partition coefficient (Wildman–Crippen LogP) is 3.45. The molecule has 1 aromatic rings. The number of nitrogens with zero attached hydrogens (tertiary/aromatic N) is 1. The van der Waals surface area contributed by atoms with Crippen molar-refractivity contribution in [3.63, 3.8) is 0 Å². The number of anilines is 1. The summed E-state index contributed by atoms with van der Waals surface area (Å²) in [6.45, 7) is 10.2. The number of amides is 2. The molecule has 2 amide bonds. The highest BCUT2D eigenvalue weighted by Gasteiger charge is 2.29. The van der Waals surface area contributed by atoms with Crippen LogP contribution in [0, 0.1) is 17.3 Å². The molecule has 5 heteroatoms. The monoisotopic (exact) mass is 385 g/mol. The fourth-order valence-corrected chi connectivity index (χ4v) is 4.38. The Bertz CT molecular complexity index is 664. The first-order valence-electron chi connectivity index (χ1n) is 10.7. The SMILES string of the molecule is CC(C)(C)CC(=O)Nc1ccc(CC(=O)N2CCC(C3CCNC3)CC2)cc1. The van der Waals surface area contributed by atoms with Crippen LogP contribution < -0.4 is 10.6 Å². The zero-order valence-corrected chi connectivity index (χ0v) is 17.6. The van der Waals surface area contributed by atoms with Crippen LogP contribution in [0.2, 0.25) is 0 Å². The first-order valence-corrected chi connectivity index (χ1v) is 10.7. The van der Waals surface area contributed by atoms with E-state index in [-0.39, 0.29) is 17.2 Å². The van der Waals surface area contributed by atoms with E-state index >= 15 is 0 Å². The second-order valence-corrected chi connectivity index (χ2v) is 9.63. The van der Waals surface area contributed by atoms with Gasteiger partial charge in [0.2, 0.25) is 11.8 Å². The van der Waals surface area contributed by atoms with Gasteiger partial charge in [-0.2, -0.15) is 0 Å². The van der Waals surface area contributed by atoms with Crippen molar-refractivity contribution in [1.29, 1.82) is 0 Å². The number of carbonyl (C=O) groups excluding carboxylic acids is 2. The van der Waals surface area contributed by atoms with E-state index < -0.39 is 0 Å². The average molecular weight is 386 g/mol. The van der Waals surface area contributed by atoms with Gasteiger partial charge in [0.25, 0.3) is 0 Å². The van der Waals surface area contributed by atoms with Gasteiger partial charge in [0.05, 0.1) is 6.42 Å². The molecule has 5 nitrogen and oxygen atoms in total. The number of hydrogen-bond donors (Lipinski definition) is 2. The Balaban J connectivity index is 1.45. The highest BCUT2D eigenvalue weighted by atomic mass is 16.2. The predicted molar refractivity (Wildman–Crippen MR) is 113 cm³/mol. The van der Waals surface area contributed by atoms with Gasteiger partial charge in [-0.25, -0.2) is 0 Å². The van der Waals surface area contributed by atoms with Crippen LogP contribution in [0.3, 0.4) is 0 Å². The van der Waals surface area contributed by atoms with Crippen LogP contribution in [-0.4, -0.2) is 42.9 Å². The molecule has 2 saturated heterocycles. The van der Waals surface area contributed by atoms with Crippen LogP contribution in [0.15, 0.2) is 24.3 Å². The number of piperidine rings is 1. The van der Waals surface area contributed by atoms with Gasteiger partial charge in [-0.15, -0.1) is 0 Å². The Morgan fingerprint density at radius 3 is 2.32 bits per heavy atom. The Morgan fingerprint density at radius 2 is 1.75 bits per heavy atom. The van der Waals surface area contributed by atoms with Crippen molar-refractivity contribution in [2.75, 3.05) is 31.5 Å². The van der Waals surface area contributed by atoms with Gasteiger partial charge in [0.15, 0.2) is 0 Å². The van der Waals surface area contributed by atoms with E-state index in [1.165, 1.54) is 6.42 Å². The molecule has 1 unspecified atom stereocenters. The van der Waals surface area contributed by atoms with Crippen LogP contribution in [0.25, 0.3) is 0 Å². The first kappa shape index (κ1) is 20.8. The summed E-state index contributed by atoms with van der Waals surface area (Å²) in [5, 5.41) is 6.39. The molecule has 0 radical (unpaired) electrons. The third kappa shape index (κ3) is 6.06. The van der Waals surface area contributed by atoms with E-state index in [4.69, 9.17) is 0 Å². The molecule has 2 aliphatic rings. The second-order valence-electron chi connectivity index (χ2n) is 9.63. The van der Waals surface area contributed by atoms with Crippen LogP contribution in [0.4, 0.5) is 5.69 Å². The van der Waals surface area contributed by atoms with E-state index in [9.17, 15) is 9.59 Å². The maximum absolute atomic E-state index is 12.7. The highest BCUT2D eigenvalue weighted by Crippen LogP contribution is 2.29. The average Bonchev–Trinajstić information content (AvgIpc) is 3.16. The number of carbonyl (C=O) groups is 2. The number of likely N-dealkylation sites (tertiary alicyclic amines) is 1. The molecule has 2 fully saturated rings. The van der Waals surface area contributed by atoms with Gasteiger partial charge < -0.3 is 15.5 Å². The van der Waals surface area contributed by atoms with Crippen molar-refractivity contribution < 1.29 is 9.59 Å². The molecular weight excluding hydrogens is 350 g/mol. The summed E-state index contributed by atoms with van der Waals surface area (Å²) in [5.41, 5.74) is 1.76. The molecule has 0 aliphatic carbocycles. The van der Waals surface area contributed by atoms with Gasteiger partial charge in [-0.05, 0) is 67.3 Å². The topological polar surface area (TPSA) is 61.4 Å². The summed E-state index contributed by atoms with van der Waals surface area (Å²) in [4.78, 5) is 26.7. The molecule has 1 aromatic carbocycles. The first-order chi connectivity index (χ1) is 13.3. The molecule has 0 aromatic heterocycles. The highest BCUT2D eigenvalue weighted by molar-refractivity contribution is 5.91. The molecule has 2 N–H and O–H groups in total. The number of nitrogens with one attached hydrogen (secondary N) is 2. The molecule has 0 bridgehead atoms. The Morgan fingerprint density at radius 1 is 1.07 bits per heavy atom. The van der Waals surface area contributed by atoms with E-state index in [2.05, 4.69) is 31.4 Å². The van der Waals surface area contributed by atoms with E-state index in [0.717, 1.165) is 62.1 Å². The third-order valence-electron chi connectivity index (χ3n) is 5.94. The maximum Gasteiger partial charge on any atom is 0.226 e. The molecule has 154 valence electrons. The smallest absolute Gasteiger partial charge is 0.226 e. The van der Waals surface area contributed by atoms with Crippen LogP contribution >= 0.6 is 0 Å². The van der Waals surface area contributed by atoms with E-state index in [0.29, 0.717) is 12.8 Å². The minimum absolute atomic E-state index is 0.0247.